The number of hydrogen-bond acceptors (Lipinski definition) is 3. The minimum absolute atomic E-state index is 0.00402. The van der Waals surface area contributed by atoms with Gasteiger partial charge in [-0.1, -0.05) is 36.4 Å². The number of halogens is 1. The lowest BCUT2D eigenvalue weighted by Gasteiger charge is -2.36. The number of thiocarbonyl (C=S) groups is 1. The van der Waals surface area contributed by atoms with Gasteiger partial charge in [-0.05, 0) is 92.3 Å². The largest absolute Gasteiger partial charge is 0.318 e. The molecule has 0 aliphatic carbocycles. The number of para-hydroxylation sites is 2. The van der Waals surface area contributed by atoms with E-state index in [0.717, 1.165) is 17.1 Å². The Morgan fingerprint density at radius 1 is 0.722 bits per heavy atom. The van der Waals surface area contributed by atoms with E-state index in [2.05, 4.69) is 0 Å². The minimum Gasteiger partial charge on any atom is -0.318 e. The van der Waals surface area contributed by atoms with Crippen LogP contribution in [0, 0.1) is 19.7 Å². The molecule has 4 aromatic rings. The standard InChI is InChI=1S/C29H22FN3O2S/c1-19-17-21(20(2)31(19)25-15-13-22(30)14-16-25)18-26-27(34)32(23-9-5-3-6-10-23)29(36)33(28(26)35)24-11-7-4-8-12-24/h3-18H,1-2H3. The van der Waals surface area contributed by atoms with Crippen LogP contribution < -0.4 is 9.80 Å². The van der Waals surface area contributed by atoms with Gasteiger partial charge in [-0.2, -0.15) is 0 Å². The second-order valence-electron chi connectivity index (χ2n) is 8.43. The Hall–Kier alpha value is -4.36. The molecule has 1 aliphatic heterocycles. The Labute approximate surface area is 213 Å². The number of aryl methyl sites for hydroxylation is 1. The smallest absolute Gasteiger partial charge is 0.270 e. The van der Waals surface area contributed by atoms with Gasteiger partial charge >= 0.3 is 0 Å². The van der Waals surface area contributed by atoms with Gasteiger partial charge in [0.2, 0.25) is 0 Å². The highest BCUT2D eigenvalue weighted by Gasteiger charge is 2.41. The number of nitrogens with zero attached hydrogens (tertiary/aromatic N) is 3. The van der Waals surface area contributed by atoms with Crippen molar-refractivity contribution in [3.63, 3.8) is 0 Å². The topological polar surface area (TPSA) is 45.6 Å². The van der Waals surface area contributed by atoms with Crippen molar-refractivity contribution >= 4 is 46.6 Å². The first-order chi connectivity index (χ1) is 17.4. The van der Waals surface area contributed by atoms with E-state index < -0.39 is 11.8 Å². The van der Waals surface area contributed by atoms with Crippen molar-refractivity contribution in [2.75, 3.05) is 9.80 Å². The van der Waals surface area contributed by atoms with Crippen LogP contribution in [0.3, 0.4) is 0 Å². The number of aromatic nitrogens is 1. The van der Waals surface area contributed by atoms with Gasteiger partial charge in [0.1, 0.15) is 11.4 Å². The molecule has 178 valence electrons. The fourth-order valence-electron chi connectivity index (χ4n) is 4.42. The van der Waals surface area contributed by atoms with Gasteiger partial charge < -0.3 is 4.57 Å². The first-order valence-electron chi connectivity index (χ1n) is 11.4. The van der Waals surface area contributed by atoms with Gasteiger partial charge in [0.15, 0.2) is 5.11 Å². The molecule has 1 fully saturated rings. The summed E-state index contributed by atoms with van der Waals surface area (Å²) in [4.78, 5) is 30.2. The Morgan fingerprint density at radius 3 is 1.72 bits per heavy atom. The van der Waals surface area contributed by atoms with Crippen molar-refractivity contribution in [3.8, 4) is 5.69 Å². The van der Waals surface area contributed by atoms with E-state index in [0.29, 0.717) is 16.9 Å². The molecule has 5 nitrogen and oxygen atoms in total. The summed E-state index contributed by atoms with van der Waals surface area (Å²) >= 11 is 5.66. The normalized spacial score (nSPS) is 14.0. The van der Waals surface area contributed by atoms with E-state index >= 15 is 0 Å². The van der Waals surface area contributed by atoms with E-state index in [4.69, 9.17) is 12.2 Å². The van der Waals surface area contributed by atoms with E-state index in [-0.39, 0.29) is 16.5 Å². The summed E-state index contributed by atoms with van der Waals surface area (Å²) in [5.41, 5.74) is 4.34. The fraction of sp³-hybridized carbons (Fsp3) is 0.0690. The summed E-state index contributed by atoms with van der Waals surface area (Å²) in [6.07, 6.45) is 1.61. The van der Waals surface area contributed by atoms with Crippen LogP contribution in [-0.2, 0) is 9.59 Å². The molecule has 0 bridgehead atoms. The maximum atomic E-state index is 13.7. The van der Waals surface area contributed by atoms with Crippen LogP contribution in [0.1, 0.15) is 17.0 Å². The molecule has 1 saturated heterocycles. The van der Waals surface area contributed by atoms with Gasteiger partial charge in [0.25, 0.3) is 11.8 Å². The van der Waals surface area contributed by atoms with Crippen molar-refractivity contribution in [3.05, 3.63) is 119 Å². The number of carbonyl (C=O) groups excluding carboxylic acids is 2. The summed E-state index contributed by atoms with van der Waals surface area (Å²) in [6, 6.07) is 26.2. The fourth-order valence-corrected chi connectivity index (χ4v) is 4.79. The third-order valence-electron chi connectivity index (χ3n) is 6.13. The van der Waals surface area contributed by atoms with Crippen LogP contribution in [0.25, 0.3) is 11.8 Å². The maximum absolute atomic E-state index is 13.7. The molecule has 0 atom stereocenters. The number of benzene rings is 3. The Morgan fingerprint density at radius 2 is 1.22 bits per heavy atom. The third kappa shape index (κ3) is 4.03. The average Bonchev–Trinajstić information content (AvgIpc) is 3.16. The van der Waals surface area contributed by atoms with Gasteiger partial charge in [0, 0.05) is 17.1 Å². The summed E-state index contributed by atoms with van der Waals surface area (Å²) in [5, 5.41) is 0.0938. The predicted molar refractivity (Wildman–Crippen MR) is 144 cm³/mol. The van der Waals surface area contributed by atoms with Crippen molar-refractivity contribution in [1.82, 2.24) is 4.57 Å². The number of carbonyl (C=O) groups is 2. The Kier molecular flexibility index (Phi) is 6.08. The first-order valence-corrected chi connectivity index (χ1v) is 11.8. The predicted octanol–water partition coefficient (Wildman–Crippen LogP) is 5.98. The van der Waals surface area contributed by atoms with Crippen molar-refractivity contribution < 1.29 is 14.0 Å². The van der Waals surface area contributed by atoms with Gasteiger partial charge in [-0.25, -0.2) is 4.39 Å². The quantitative estimate of drug-likeness (QED) is 0.199. The van der Waals surface area contributed by atoms with E-state index in [1.165, 1.54) is 21.9 Å². The lowest BCUT2D eigenvalue weighted by Crippen LogP contribution is -2.56. The lowest BCUT2D eigenvalue weighted by atomic mass is 10.1. The van der Waals surface area contributed by atoms with Crippen LogP contribution in [0.15, 0.2) is 96.6 Å². The van der Waals surface area contributed by atoms with Crippen molar-refractivity contribution in [2.24, 2.45) is 0 Å². The molecule has 3 aromatic carbocycles. The monoisotopic (exact) mass is 495 g/mol. The molecule has 36 heavy (non-hydrogen) atoms. The third-order valence-corrected chi connectivity index (χ3v) is 6.50. The number of rotatable bonds is 4. The molecule has 5 rings (SSSR count). The second kappa shape index (κ2) is 9.36. The first kappa shape index (κ1) is 23.4. The Balaban J connectivity index is 1.65. The molecule has 0 radical (unpaired) electrons. The molecular weight excluding hydrogens is 473 g/mol. The van der Waals surface area contributed by atoms with Crippen LogP contribution in [0.5, 0.6) is 0 Å². The highest BCUT2D eigenvalue weighted by atomic mass is 32.1. The molecule has 0 spiro atoms. The van der Waals surface area contributed by atoms with E-state index in [9.17, 15) is 14.0 Å². The van der Waals surface area contributed by atoms with Crippen molar-refractivity contribution in [1.29, 1.82) is 0 Å². The van der Waals surface area contributed by atoms with Gasteiger partial charge in [0.05, 0.1) is 11.4 Å². The van der Waals surface area contributed by atoms with Crippen LogP contribution >= 0.6 is 12.2 Å². The molecule has 2 heterocycles. The summed E-state index contributed by atoms with van der Waals surface area (Å²) < 4.78 is 15.4. The number of amides is 2. The van der Waals surface area contributed by atoms with Gasteiger partial charge in [-0.3, -0.25) is 19.4 Å². The molecule has 2 amide bonds. The van der Waals surface area contributed by atoms with Crippen LogP contribution in [0.2, 0.25) is 0 Å². The molecule has 7 heteroatoms. The molecule has 0 saturated carbocycles. The second-order valence-corrected chi connectivity index (χ2v) is 8.80. The zero-order chi connectivity index (χ0) is 25.4. The highest BCUT2D eigenvalue weighted by Crippen LogP contribution is 2.31. The molecule has 0 unspecified atom stereocenters. The Bertz CT molecular complexity index is 1450. The minimum atomic E-state index is -0.491. The molecule has 1 aromatic heterocycles. The lowest BCUT2D eigenvalue weighted by molar-refractivity contribution is -0.120. The maximum Gasteiger partial charge on any atom is 0.270 e. The number of anilines is 2. The average molecular weight is 496 g/mol. The van der Waals surface area contributed by atoms with E-state index in [1.54, 1.807) is 42.5 Å². The SMILES string of the molecule is Cc1cc(C=C2C(=O)N(c3ccccc3)C(=S)N(c3ccccc3)C2=O)c(C)n1-c1ccc(F)cc1. The molecule has 0 N–H and O–H groups in total. The van der Waals surface area contributed by atoms with Crippen molar-refractivity contribution in [2.45, 2.75) is 13.8 Å². The summed E-state index contributed by atoms with van der Waals surface area (Å²) in [7, 11) is 0. The molecular formula is C29H22FN3O2S. The number of hydrogen-bond donors (Lipinski definition) is 0. The highest BCUT2D eigenvalue weighted by molar-refractivity contribution is 7.81. The zero-order valence-electron chi connectivity index (χ0n) is 19.7. The summed E-state index contributed by atoms with van der Waals surface area (Å²) in [6.45, 7) is 3.82. The van der Waals surface area contributed by atoms with Crippen LogP contribution in [0.4, 0.5) is 15.8 Å². The summed E-state index contributed by atoms with van der Waals surface area (Å²) in [5.74, 6) is -1.30. The van der Waals surface area contributed by atoms with E-state index in [1.807, 2.05) is 60.9 Å². The zero-order valence-corrected chi connectivity index (χ0v) is 20.5. The molecule has 1 aliphatic rings. The van der Waals surface area contributed by atoms with Crippen LogP contribution in [-0.4, -0.2) is 21.5 Å². The van der Waals surface area contributed by atoms with Gasteiger partial charge in [-0.15, -0.1) is 0 Å².